The summed E-state index contributed by atoms with van der Waals surface area (Å²) < 4.78 is 0. The monoisotopic (exact) mass is 986 g/mol. The fraction of sp³-hybridized carbons (Fsp3) is 0.458. The summed E-state index contributed by atoms with van der Waals surface area (Å²) in [4.78, 5) is 129. The molecule has 0 aliphatic rings. The van der Waals surface area contributed by atoms with Crippen LogP contribution in [0.1, 0.15) is 76.1 Å². The molecule has 4 aromatic rings. The molecule has 4 rings (SSSR count). The van der Waals surface area contributed by atoms with Crippen LogP contribution in [-0.2, 0) is 62.4 Å². The van der Waals surface area contributed by atoms with Gasteiger partial charge in [0.1, 0.15) is 36.3 Å². The van der Waals surface area contributed by atoms with Crippen LogP contribution in [-0.4, -0.2) is 129 Å². The molecule has 2 aromatic heterocycles. The average molecular weight is 986 g/mol. The molecule has 71 heavy (non-hydrogen) atoms. The second-order valence-electron chi connectivity index (χ2n) is 17.4. The number of nitrogens with one attached hydrogen (secondary N) is 9. The predicted molar refractivity (Wildman–Crippen MR) is 261 cm³/mol. The van der Waals surface area contributed by atoms with Crippen LogP contribution in [0.5, 0.6) is 0 Å². The maximum absolute atomic E-state index is 14.0. The van der Waals surface area contributed by atoms with Crippen LogP contribution in [0.3, 0.4) is 0 Å². The summed E-state index contributed by atoms with van der Waals surface area (Å²) in [7, 11) is 0. The Balaban J connectivity index is 1.42. The van der Waals surface area contributed by atoms with Gasteiger partial charge in [0, 0.05) is 54.7 Å². The molecule has 384 valence electrons. The van der Waals surface area contributed by atoms with E-state index in [0.717, 1.165) is 10.9 Å². The molecular weight excluding hydrogens is 919 g/mol. The molecular formula is C48H67N13O10. The van der Waals surface area contributed by atoms with E-state index >= 15 is 0 Å². The van der Waals surface area contributed by atoms with Gasteiger partial charge in [0.2, 0.25) is 47.3 Å². The highest BCUT2D eigenvalue weighted by molar-refractivity contribution is 5.97. The number of carboxylic acids is 1. The summed E-state index contributed by atoms with van der Waals surface area (Å²) in [6.07, 6.45) is 5.52. The van der Waals surface area contributed by atoms with Crippen LogP contribution in [0.15, 0.2) is 73.3 Å². The highest BCUT2D eigenvalue weighted by Crippen LogP contribution is 2.20. The van der Waals surface area contributed by atoms with E-state index in [4.69, 9.17) is 17.2 Å². The Hall–Kier alpha value is -7.66. The summed E-state index contributed by atoms with van der Waals surface area (Å²) in [5.41, 5.74) is 19.8. The van der Waals surface area contributed by atoms with E-state index in [2.05, 4.69) is 52.2 Å². The van der Waals surface area contributed by atoms with Crippen LogP contribution in [0.2, 0.25) is 0 Å². The number of nitrogens with two attached hydrogens (primary N) is 3. The largest absolute Gasteiger partial charge is 0.480 e. The average Bonchev–Trinajstić information content (AvgIpc) is 4.02. The zero-order chi connectivity index (χ0) is 52.0. The number of hydrogen-bond donors (Lipinski definition) is 13. The number of aliphatic carboxylic acids is 1. The van der Waals surface area contributed by atoms with Crippen molar-refractivity contribution in [1.29, 1.82) is 0 Å². The molecule has 0 bridgehead atoms. The first-order valence-electron chi connectivity index (χ1n) is 23.5. The molecule has 23 nitrogen and oxygen atoms in total. The van der Waals surface area contributed by atoms with Crippen molar-refractivity contribution in [2.24, 2.45) is 23.1 Å². The Morgan fingerprint density at radius 1 is 0.690 bits per heavy atom. The molecule has 8 atom stereocenters. The SMILES string of the molecule is CC[C@H](C)[C@H](NC(=O)[C@@H](N)Cc1cnc[nH]1)C(=O)N[C@@H](CCCCN)C(=O)N[C@@H](C)C(=O)NCC(=O)N[C@@H](CCC(N)=O)C(=O)N[C@@H](Cc1c[nH]c2ccccc12)C(=O)N[C@@H](Cc1ccccc1)C(=O)O. The fourth-order valence-corrected chi connectivity index (χ4v) is 7.54. The third-order valence-electron chi connectivity index (χ3n) is 11.8. The fourth-order valence-electron chi connectivity index (χ4n) is 7.54. The number of rotatable bonds is 30. The van der Waals surface area contributed by atoms with Gasteiger partial charge in [0.15, 0.2) is 0 Å². The molecule has 0 aliphatic carbocycles. The summed E-state index contributed by atoms with van der Waals surface area (Å²) in [5.74, 6) is -7.86. The Bertz CT molecular complexity index is 2430. The molecule has 2 heterocycles. The Morgan fingerprint density at radius 2 is 1.34 bits per heavy atom. The Kier molecular flexibility index (Phi) is 22.1. The highest BCUT2D eigenvalue weighted by atomic mass is 16.4. The second kappa shape index (κ2) is 28.1. The van der Waals surface area contributed by atoms with Crippen molar-refractivity contribution >= 4 is 64.1 Å². The molecule has 8 amide bonds. The number of para-hydroxylation sites is 1. The van der Waals surface area contributed by atoms with Crippen molar-refractivity contribution in [3.05, 3.63) is 90.1 Å². The predicted octanol–water partition coefficient (Wildman–Crippen LogP) is -1.18. The molecule has 0 unspecified atom stereocenters. The molecule has 0 saturated carbocycles. The molecule has 2 aromatic carbocycles. The van der Waals surface area contributed by atoms with Gasteiger partial charge < -0.3 is 69.5 Å². The lowest BCUT2D eigenvalue weighted by Gasteiger charge is -2.28. The molecule has 23 heteroatoms. The second-order valence-corrected chi connectivity index (χ2v) is 17.4. The van der Waals surface area contributed by atoms with Gasteiger partial charge in [-0.25, -0.2) is 9.78 Å². The highest BCUT2D eigenvalue weighted by Gasteiger charge is 2.34. The van der Waals surface area contributed by atoms with E-state index in [1.165, 1.54) is 19.4 Å². The van der Waals surface area contributed by atoms with Crippen LogP contribution < -0.4 is 54.4 Å². The summed E-state index contributed by atoms with van der Waals surface area (Å²) >= 11 is 0. The number of nitrogens with zero attached hydrogens (tertiary/aromatic N) is 1. The summed E-state index contributed by atoms with van der Waals surface area (Å²) in [6, 6.07) is 7.17. The molecule has 0 radical (unpaired) electrons. The van der Waals surface area contributed by atoms with Crippen molar-refractivity contribution in [1.82, 2.24) is 52.2 Å². The summed E-state index contributed by atoms with van der Waals surface area (Å²) in [6.45, 7) is 4.56. The number of hydrogen-bond acceptors (Lipinski definition) is 12. The number of carbonyl (C=O) groups excluding carboxylic acids is 8. The van der Waals surface area contributed by atoms with E-state index in [-0.39, 0.29) is 44.4 Å². The number of benzene rings is 2. The smallest absolute Gasteiger partial charge is 0.326 e. The minimum Gasteiger partial charge on any atom is -0.480 e. The van der Waals surface area contributed by atoms with Crippen molar-refractivity contribution < 1.29 is 48.3 Å². The number of aromatic amines is 2. The number of H-pyrrole nitrogens is 2. The van der Waals surface area contributed by atoms with Crippen molar-refractivity contribution in [2.45, 2.75) is 121 Å². The van der Waals surface area contributed by atoms with Gasteiger partial charge in [0.25, 0.3) is 0 Å². The summed E-state index contributed by atoms with van der Waals surface area (Å²) in [5, 5.41) is 28.7. The minimum atomic E-state index is -1.46. The third kappa shape index (κ3) is 18.0. The first-order chi connectivity index (χ1) is 33.9. The normalized spacial score (nSPS) is 14.5. The van der Waals surface area contributed by atoms with Crippen LogP contribution in [0.4, 0.5) is 0 Å². The zero-order valence-corrected chi connectivity index (χ0v) is 40.1. The lowest BCUT2D eigenvalue weighted by atomic mass is 9.96. The van der Waals surface area contributed by atoms with Crippen LogP contribution >= 0.6 is 0 Å². The van der Waals surface area contributed by atoms with Gasteiger partial charge in [-0.2, -0.15) is 0 Å². The molecule has 0 spiro atoms. The van der Waals surface area contributed by atoms with Gasteiger partial charge in [0.05, 0.1) is 18.9 Å². The van der Waals surface area contributed by atoms with E-state index in [1.54, 1.807) is 55.6 Å². The lowest BCUT2D eigenvalue weighted by Crippen LogP contribution is -2.59. The molecule has 0 saturated heterocycles. The van der Waals surface area contributed by atoms with Crippen LogP contribution in [0, 0.1) is 5.92 Å². The zero-order valence-electron chi connectivity index (χ0n) is 40.1. The maximum atomic E-state index is 14.0. The van der Waals surface area contributed by atoms with Crippen molar-refractivity contribution in [2.75, 3.05) is 13.1 Å². The number of carbonyl (C=O) groups is 9. The van der Waals surface area contributed by atoms with Gasteiger partial charge in [-0.3, -0.25) is 38.4 Å². The maximum Gasteiger partial charge on any atom is 0.326 e. The van der Waals surface area contributed by atoms with Crippen molar-refractivity contribution in [3.63, 3.8) is 0 Å². The first-order valence-corrected chi connectivity index (χ1v) is 23.5. The van der Waals surface area contributed by atoms with Crippen molar-refractivity contribution in [3.8, 4) is 0 Å². The van der Waals surface area contributed by atoms with Gasteiger partial charge in [-0.15, -0.1) is 0 Å². The van der Waals surface area contributed by atoms with E-state index in [9.17, 15) is 48.3 Å². The van der Waals surface area contributed by atoms with Gasteiger partial charge in [-0.05, 0) is 62.3 Å². The Labute approximate surface area is 410 Å². The Morgan fingerprint density at radius 3 is 2.00 bits per heavy atom. The van der Waals surface area contributed by atoms with Crippen LogP contribution in [0.25, 0.3) is 10.9 Å². The number of primary amides is 1. The molecule has 0 aliphatic heterocycles. The van der Waals surface area contributed by atoms with E-state index < -0.39 is 102 Å². The molecule has 0 fully saturated rings. The van der Waals surface area contributed by atoms with Gasteiger partial charge >= 0.3 is 5.97 Å². The number of unbranched alkanes of at least 4 members (excludes halogenated alkanes) is 1. The lowest BCUT2D eigenvalue weighted by molar-refractivity contribution is -0.142. The number of imidazole rings is 1. The minimum absolute atomic E-state index is 0.0583. The van der Waals surface area contributed by atoms with Gasteiger partial charge in [-0.1, -0.05) is 68.8 Å². The standard InChI is InChI=1S/C48H67N13O10/c1-4-27(2)41(61-43(65)33(50)22-31-24-52-26-55-31)47(69)58-35(16-10-11-19-49)44(66)56-28(3)42(64)54-25-40(63)57-36(17-18-39(51)62)45(67)59-37(21-30-23-53-34-15-9-8-14-32(30)34)46(68)60-38(48(70)71)20-29-12-6-5-7-13-29/h5-9,12-15,23-24,26-28,33,35-38,41,53H,4,10-11,16-22,25,49-50H2,1-3H3,(H2,51,62)(H,52,55)(H,54,64)(H,56,66)(H,57,63)(H,58,69)(H,59,67)(H,60,68)(H,61,65)(H,70,71)/t27-,28-,33-,35-,36-,37-,38-,41-/m0/s1. The number of aromatic nitrogens is 3. The topological polar surface area (TPSA) is 381 Å². The first kappa shape index (κ1) is 55.9. The quantitative estimate of drug-likeness (QED) is 0.0274. The third-order valence-corrected chi connectivity index (χ3v) is 11.8. The number of carboxylic acid groups (broad SMARTS) is 1. The number of amides is 8. The van der Waals surface area contributed by atoms with E-state index in [1.807, 2.05) is 19.1 Å². The number of fused-ring (bicyclic) bond motifs is 1. The van der Waals surface area contributed by atoms with E-state index in [0.29, 0.717) is 42.6 Å². The molecule has 16 N–H and O–H groups in total.